The maximum absolute atomic E-state index is 13.7. The van der Waals surface area contributed by atoms with E-state index in [1.54, 1.807) is 23.1 Å². The van der Waals surface area contributed by atoms with Crippen LogP contribution in [0.3, 0.4) is 0 Å². The number of halogens is 3. The molecule has 3 rings (SSSR count). The van der Waals surface area contributed by atoms with Crippen molar-refractivity contribution < 1.29 is 9.59 Å². The topological polar surface area (TPSA) is 49.4 Å². The molecule has 0 aliphatic heterocycles. The van der Waals surface area contributed by atoms with Crippen molar-refractivity contribution in [1.82, 2.24) is 10.2 Å². The zero-order valence-electron chi connectivity index (χ0n) is 20.9. The number of thioether (sulfide) groups is 1. The van der Waals surface area contributed by atoms with Crippen LogP contribution in [0.5, 0.6) is 0 Å². The van der Waals surface area contributed by atoms with Gasteiger partial charge in [-0.2, -0.15) is 0 Å². The van der Waals surface area contributed by atoms with Gasteiger partial charge in [0.2, 0.25) is 11.8 Å². The minimum Gasteiger partial charge on any atom is -0.352 e. The van der Waals surface area contributed by atoms with Gasteiger partial charge in [-0.25, -0.2) is 0 Å². The summed E-state index contributed by atoms with van der Waals surface area (Å²) in [6, 6.07) is 21.9. The van der Waals surface area contributed by atoms with Crippen molar-refractivity contribution in [3.8, 4) is 0 Å². The number of nitrogens with zero attached hydrogens (tertiary/aromatic N) is 1. The van der Waals surface area contributed by atoms with Gasteiger partial charge in [-0.3, -0.25) is 9.59 Å². The third kappa shape index (κ3) is 8.96. The van der Waals surface area contributed by atoms with E-state index in [-0.39, 0.29) is 30.2 Å². The van der Waals surface area contributed by atoms with Gasteiger partial charge in [0.15, 0.2) is 0 Å². The first-order valence-electron chi connectivity index (χ1n) is 12.2. The molecular formula is C29H31Cl3N2O2S. The number of amides is 2. The highest BCUT2D eigenvalue weighted by Crippen LogP contribution is 2.26. The number of nitrogens with one attached hydrogen (secondary N) is 1. The number of carbonyl (C=O) groups excluding carboxylic acids is 2. The summed E-state index contributed by atoms with van der Waals surface area (Å²) in [5.41, 5.74) is 2.74. The van der Waals surface area contributed by atoms with E-state index in [1.807, 2.05) is 68.4 Å². The summed E-state index contributed by atoms with van der Waals surface area (Å²) in [4.78, 5) is 28.9. The van der Waals surface area contributed by atoms with Gasteiger partial charge in [-0.05, 0) is 48.2 Å². The predicted molar refractivity (Wildman–Crippen MR) is 156 cm³/mol. The molecule has 0 spiro atoms. The quantitative estimate of drug-likeness (QED) is 0.243. The third-order valence-electron chi connectivity index (χ3n) is 6.05. The normalized spacial score (nSPS) is 12.6. The van der Waals surface area contributed by atoms with Crippen molar-refractivity contribution in [2.75, 3.05) is 5.75 Å². The lowest BCUT2D eigenvalue weighted by Gasteiger charge is -2.32. The van der Waals surface area contributed by atoms with Crippen LogP contribution in [0, 0.1) is 0 Å². The summed E-state index contributed by atoms with van der Waals surface area (Å²) in [5, 5.41) is 4.62. The standard InChI is InChI=1S/C29H31Cl3N2O2S/c1-3-20(2)33-29(36)27(16-21-9-5-4-6-10-21)34(17-23-11-7-8-12-24(23)30)28(35)19-37-18-22-13-14-25(31)26(32)15-22/h4-15,20,27H,3,16-19H2,1-2H3,(H,33,36)/t20-,27+/m1/s1. The summed E-state index contributed by atoms with van der Waals surface area (Å²) < 4.78 is 0. The van der Waals surface area contributed by atoms with Crippen LogP contribution in [-0.4, -0.2) is 34.6 Å². The van der Waals surface area contributed by atoms with E-state index in [0.717, 1.165) is 23.1 Å². The van der Waals surface area contributed by atoms with Crippen LogP contribution in [0.4, 0.5) is 0 Å². The van der Waals surface area contributed by atoms with E-state index in [9.17, 15) is 9.59 Å². The van der Waals surface area contributed by atoms with Gasteiger partial charge < -0.3 is 10.2 Å². The fourth-order valence-corrected chi connectivity index (χ4v) is 5.15. The lowest BCUT2D eigenvalue weighted by atomic mass is 10.0. The van der Waals surface area contributed by atoms with Crippen LogP contribution in [0.1, 0.15) is 37.0 Å². The molecule has 0 unspecified atom stereocenters. The Kier molecular flexibility index (Phi) is 11.7. The molecule has 0 aromatic heterocycles. The maximum atomic E-state index is 13.7. The molecule has 2 atom stereocenters. The van der Waals surface area contributed by atoms with Crippen LogP contribution >= 0.6 is 46.6 Å². The smallest absolute Gasteiger partial charge is 0.243 e. The monoisotopic (exact) mass is 576 g/mol. The largest absolute Gasteiger partial charge is 0.352 e. The van der Waals surface area contributed by atoms with Gasteiger partial charge in [0, 0.05) is 29.8 Å². The highest BCUT2D eigenvalue weighted by atomic mass is 35.5. The zero-order valence-corrected chi connectivity index (χ0v) is 24.0. The first kappa shape index (κ1) is 29.4. The summed E-state index contributed by atoms with van der Waals surface area (Å²) in [6.45, 7) is 4.21. The molecular weight excluding hydrogens is 547 g/mol. The van der Waals surface area contributed by atoms with Crippen molar-refractivity contribution in [1.29, 1.82) is 0 Å². The first-order chi connectivity index (χ1) is 17.8. The molecule has 37 heavy (non-hydrogen) atoms. The van der Waals surface area contributed by atoms with E-state index < -0.39 is 6.04 Å². The van der Waals surface area contributed by atoms with Crippen molar-refractivity contribution >= 4 is 58.4 Å². The molecule has 0 saturated carbocycles. The zero-order chi connectivity index (χ0) is 26.8. The number of hydrogen-bond acceptors (Lipinski definition) is 3. The van der Waals surface area contributed by atoms with Crippen LogP contribution in [0.2, 0.25) is 15.1 Å². The third-order valence-corrected chi connectivity index (χ3v) is 8.15. The Balaban J connectivity index is 1.86. The van der Waals surface area contributed by atoms with E-state index in [0.29, 0.717) is 27.2 Å². The van der Waals surface area contributed by atoms with Crippen molar-refractivity contribution in [2.24, 2.45) is 0 Å². The highest BCUT2D eigenvalue weighted by molar-refractivity contribution is 7.99. The second kappa shape index (κ2) is 14.7. The fourth-order valence-electron chi connectivity index (χ4n) is 3.77. The Morgan fingerprint density at radius 1 is 0.892 bits per heavy atom. The van der Waals surface area contributed by atoms with E-state index in [4.69, 9.17) is 34.8 Å². The molecule has 0 radical (unpaired) electrons. The molecule has 0 aliphatic carbocycles. The lowest BCUT2D eigenvalue weighted by molar-refractivity contribution is -0.139. The Hall–Kier alpha value is -2.18. The lowest BCUT2D eigenvalue weighted by Crippen LogP contribution is -2.52. The SMILES string of the molecule is CC[C@@H](C)NC(=O)[C@H](Cc1ccccc1)N(Cc1ccccc1Cl)C(=O)CSCc1ccc(Cl)c(Cl)c1. The van der Waals surface area contributed by atoms with Crippen LogP contribution in [0.15, 0.2) is 72.8 Å². The van der Waals surface area contributed by atoms with Crippen LogP contribution < -0.4 is 5.32 Å². The Morgan fingerprint density at radius 3 is 2.27 bits per heavy atom. The molecule has 1 N–H and O–H groups in total. The molecule has 0 aliphatic rings. The summed E-state index contributed by atoms with van der Waals surface area (Å²) in [5.74, 6) is 0.482. The molecule has 0 fully saturated rings. The Bertz CT molecular complexity index is 1190. The Labute approximate surface area is 238 Å². The van der Waals surface area contributed by atoms with E-state index in [2.05, 4.69) is 5.32 Å². The minimum atomic E-state index is -0.689. The maximum Gasteiger partial charge on any atom is 0.243 e. The van der Waals surface area contributed by atoms with Gasteiger partial charge in [0.25, 0.3) is 0 Å². The highest BCUT2D eigenvalue weighted by Gasteiger charge is 2.31. The molecule has 2 amide bonds. The second-order valence-electron chi connectivity index (χ2n) is 8.88. The number of rotatable bonds is 12. The molecule has 4 nitrogen and oxygen atoms in total. The van der Waals surface area contributed by atoms with Crippen LogP contribution in [-0.2, 0) is 28.3 Å². The second-order valence-corrected chi connectivity index (χ2v) is 11.1. The number of hydrogen-bond donors (Lipinski definition) is 1. The Morgan fingerprint density at radius 2 is 1.59 bits per heavy atom. The van der Waals surface area contributed by atoms with Gasteiger partial charge in [-0.1, -0.05) is 96.3 Å². The average molecular weight is 578 g/mol. The minimum absolute atomic E-state index is 0.00735. The van der Waals surface area contributed by atoms with Crippen LogP contribution in [0.25, 0.3) is 0 Å². The van der Waals surface area contributed by atoms with Crippen molar-refractivity contribution in [3.05, 3.63) is 105 Å². The molecule has 3 aromatic carbocycles. The molecule has 8 heteroatoms. The summed E-state index contributed by atoms with van der Waals surface area (Å²) in [6.07, 6.45) is 1.19. The number of benzene rings is 3. The first-order valence-corrected chi connectivity index (χ1v) is 14.5. The molecule has 0 heterocycles. The molecule has 0 bridgehead atoms. The number of carbonyl (C=O) groups is 2. The van der Waals surface area contributed by atoms with Crippen molar-refractivity contribution in [2.45, 2.75) is 51.1 Å². The van der Waals surface area contributed by atoms with Crippen molar-refractivity contribution in [3.63, 3.8) is 0 Å². The van der Waals surface area contributed by atoms with Gasteiger partial charge in [-0.15, -0.1) is 11.8 Å². The molecule has 3 aromatic rings. The molecule has 196 valence electrons. The average Bonchev–Trinajstić information content (AvgIpc) is 2.89. The van der Waals surface area contributed by atoms with Gasteiger partial charge in [0.05, 0.1) is 15.8 Å². The fraction of sp³-hybridized carbons (Fsp3) is 0.310. The van der Waals surface area contributed by atoms with E-state index >= 15 is 0 Å². The van der Waals surface area contributed by atoms with Gasteiger partial charge in [0.1, 0.15) is 6.04 Å². The summed E-state index contributed by atoms with van der Waals surface area (Å²) in [7, 11) is 0. The summed E-state index contributed by atoms with van der Waals surface area (Å²) >= 11 is 20.1. The molecule has 0 saturated heterocycles. The van der Waals surface area contributed by atoms with E-state index in [1.165, 1.54) is 11.8 Å². The predicted octanol–water partition coefficient (Wildman–Crippen LogP) is 7.43. The van der Waals surface area contributed by atoms with Gasteiger partial charge >= 0.3 is 0 Å².